The second kappa shape index (κ2) is 9.69. The molecule has 6 heteroatoms. The molecule has 3 aromatic rings. The van der Waals surface area contributed by atoms with Crippen LogP contribution in [0.4, 0.5) is 10.3 Å². The Morgan fingerprint density at radius 3 is 2.65 bits per heavy atom. The lowest BCUT2D eigenvalue weighted by Gasteiger charge is -2.36. The first kappa shape index (κ1) is 21.0. The Hall–Kier alpha value is -3.28. The number of aryl methyl sites for hydroxylation is 2. The topological polar surface area (TPSA) is 66.3 Å². The van der Waals surface area contributed by atoms with Crippen molar-refractivity contribution < 1.29 is 14.3 Å². The Morgan fingerprint density at radius 2 is 1.87 bits per heavy atom. The van der Waals surface area contributed by atoms with Crippen LogP contribution in [0.1, 0.15) is 46.4 Å². The van der Waals surface area contributed by atoms with Crippen LogP contribution in [-0.2, 0) is 19.3 Å². The number of halogens is 1. The molecule has 0 saturated carbocycles. The summed E-state index contributed by atoms with van der Waals surface area (Å²) in [5.74, 6) is -0.753. The van der Waals surface area contributed by atoms with Crippen molar-refractivity contribution in [3.8, 4) is 0 Å². The lowest BCUT2D eigenvalue weighted by atomic mass is 9.96. The average molecular weight is 420 g/mol. The minimum atomic E-state index is -1.04. The summed E-state index contributed by atoms with van der Waals surface area (Å²) in [6, 6.07) is 17.0. The van der Waals surface area contributed by atoms with E-state index in [1.54, 1.807) is 6.07 Å². The fraction of sp³-hybridized carbons (Fsp3) is 0.320. The van der Waals surface area contributed by atoms with Crippen molar-refractivity contribution >= 4 is 11.9 Å². The molecule has 0 radical (unpaired) electrons. The van der Waals surface area contributed by atoms with Crippen molar-refractivity contribution in [3.05, 3.63) is 89.0 Å². The molecule has 1 saturated heterocycles. The highest BCUT2D eigenvalue weighted by Gasteiger charge is 2.26. The lowest BCUT2D eigenvalue weighted by Crippen LogP contribution is -2.42. The van der Waals surface area contributed by atoms with Crippen LogP contribution in [0.3, 0.4) is 0 Å². The van der Waals surface area contributed by atoms with Crippen LogP contribution >= 0.6 is 0 Å². The van der Waals surface area contributed by atoms with Gasteiger partial charge in [0.2, 0.25) is 5.95 Å². The lowest BCUT2D eigenvalue weighted by molar-refractivity contribution is 0.0694. The number of anilines is 1. The van der Waals surface area contributed by atoms with Gasteiger partial charge < -0.3 is 10.0 Å². The van der Waals surface area contributed by atoms with E-state index in [4.69, 9.17) is 0 Å². The maximum atomic E-state index is 13.5. The van der Waals surface area contributed by atoms with Gasteiger partial charge in [-0.05, 0) is 61.8 Å². The molecule has 31 heavy (non-hydrogen) atoms. The molecule has 2 aromatic carbocycles. The summed E-state index contributed by atoms with van der Waals surface area (Å²) in [6.45, 7) is 0.854. The Balaban J connectivity index is 1.58. The monoisotopic (exact) mass is 419 g/mol. The highest BCUT2D eigenvalue weighted by atomic mass is 19.1. The van der Waals surface area contributed by atoms with E-state index in [0.29, 0.717) is 24.5 Å². The number of hydrogen-bond acceptors (Lipinski definition) is 4. The van der Waals surface area contributed by atoms with Gasteiger partial charge in [0.1, 0.15) is 5.82 Å². The number of carbonyl (C=O) groups is 1. The number of aromatic nitrogens is 2. The summed E-state index contributed by atoms with van der Waals surface area (Å²) in [6.07, 6.45) is 6.53. The van der Waals surface area contributed by atoms with Crippen LogP contribution in [0.2, 0.25) is 0 Å². The summed E-state index contributed by atoms with van der Waals surface area (Å²) in [7, 11) is 0. The molecule has 0 aliphatic carbocycles. The van der Waals surface area contributed by atoms with E-state index in [0.717, 1.165) is 37.8 Å². The van der Waals surface area contributed by atoms with E-state index in [9.17, 15) is 14.3 Å². The maximum absolute atomic E-state index is 13.5. The van der Waals surface area contributed by atoms with E-state index in [1.165, 1.54) is 23.9 Å². The zero-order chi connectivity index (χ0) is 21.6. The highest BCUT2D eigenvalue weighted by Crippen LogP contribution is 2.25. The van der Waals surface area contributed by atoms with Gasteiger partial charge in [-0.3, -0.25) is 0 Å². The molecule has 160 valence electrons. The Bertz CT molecular complexity index is 1040. The van der Waals surface area contributed by atoms with Crippen molar-refractivity contribution in [2.75, 3.05) is 11.4 Å². The number of nitrogens with zero attached hydrogens (tertiary/aromatic N) is 3. The minimum Gasteiger partial charge on any atom is -0.478 e. The highest BCUT2D eigenvalue weighted by molar-refractivity contribution is 5.88. The number of aromatic carboxylic acids is 1. The molecule has 1 aromatic heterocycles. The van der Waals surface area contributed by atoms with Crippen molar-refractivity contribution in [2.45, 2.75) is 44.6 Å². The van der Waals surface area contributed by atoms with Crippen molar-refractivity contribution in [3.63, 3.8) is 0 Å². The largest absolute Gasteiger partial charge is 0.478 e. The number of rotatable bonds is 7. The molecule has 0 spiro atoms. The zero-order valence-corrected chi connectivity index (χ0v) is 17.4. The number of carboxylic acids is 1. The first-order valence-electron chi connectivity index (χ1n) is 10.7. The van der Waals surface area contributed by atoms with Crippen LogP contribution in [0.5, 0.6) is 0 Å². The molecular weight excluding hydrogens is 393 g/mol. The van der Waals surface area contributed by atoms with Crippen molar-refractivity contribution in [2.24, 2.45) is 0 Å². The molecular formula is C25H26FN3O2. The number of benzene rings is 2. The predicted molar refractivity (Wildman–Crippen MR) is 118 cm³/mol. The van der Waals surface area contributed by atoms with E-state index in [-0.39, 0.29) is 17.4 Å². The smallest absolute Gasteiger partial charge is 0.339 e. The molecule has 1 fully saturated rings. The Kier molecular flexibility index (Phi) is 6.55. The zero-order valence-electron chi connectivity index (χ0n) is 17.4. The fourth-order valence-electron chi connectivity index (χ4n) is 4.23. The van der Waals surface area contributed by atoms with E-state index >= 15 is 0 Å². The summed E-state index contributed by atoms with van der Waals surface area (Å²) < 4.78 is 13.5. The van der Waals surface area contributed by atoms with E-state index in [2.05, 4.69) is 27.0 Å². The number of hydrogen-bond donors (Lipinski definition) is 1. The van der Waals surface area contributed by atoms with Gasteiger partial charge in [0.15, 0.2) is 0 Å². The number of piperidine rings is 1. The first-order valence-corrected chi connectivity index (χ1v) is 10.7. The Labute approximate surface area is 181 Å². The second-order valence-electron chi connectivity index (χ2n) is 8.00. The third-order valence-corrected chi connectivity index (χ3v) is 5.82. The second-order valence-corrected chi connectivity index (χ2v) is 8.00. The average Bonchev–Trinajstić information content (AvgIpc) is 2.78. The molecule has 0 amide bonds. The normalized spacial score (nSPS) is 16.3. The molecule has 1 aliphatic rings. The molecule has 1 aliphatic heterocycles. The van der Waals surface area contributed by atoms with Gasteiger partial charge in [0.25, 0.3) is 0 Å². The third kappa shape index (κ3) is 5.26. The van der Waals surface area contributed by atoms with Crippen molar-refractivity contribution in [1.29, 1.82) is 0 Å². The van der Waals surface area contributed by atoms with Gasteiger partial charge in [-0.1, -0.05) is 42.5 Å². The maximum Gasteiger partial charge on any atom is 0.339 e. The summed E-state index contributed by atoms with van der Waals surface area (Å²) in [4.78, 5) is 23.0. The standard InChI is InChI=1S/C25H26FN3O2/c26-20-10-6-9-19(15-20)12-13-23-22(24(30)31)17-27-25(28-23)29-14-5-4-11-21(29)16-18-7-2-1-3-8-18/h1-3,6-10,15,17,21H,4-5,11-14,16H2,(H,30,31)/t21-/m0/s1. The van der Waals surface area contributed by atoms with Gasteiger partial charge in [0.05, 0.1) is 11.3 Å². The predicted octanol–water partition coefficient (Wildman–Crippen LogP) is 4.70. The van der Waals surface area contributed by atoms with Gasteiger partial charge >= 0.3 is 5.97 Å². The Morgan fingerprint density at radius 1 is 1.06 bits per heavy atom. The first-order chi connectivity index (χ1) is 15.1. The molecule has 1 atom stereocenters. The molecule has 5 nitrogen and oxygen atoms in total. The summed E-state index contributed by atoms with van der Waals surface area (Å²) in [5, 5.41) is 9.60. The number of carboxylic acid groups (broad SMARTS) is 1. The van der Waals surface area contributed by atoms with Gasteiger partial charge in [-0.25, -0.2) is 19.2 Å². The van der Waals surface area contributed by atoms with Crippen LogP contribution in [0.15, 0.2) is 60.8 Å². The molecule has 2 heterocycles. The van der Waals surface area contributed by atoms with Gasteiger partial charge in [0, 0.05) is 18.8 Å². The summed E-state index contributed by atoms with van der Waals surface area (Å²) in [5.41, 5.74) is 2.69. The van der Waals surface area contributed by atoms with E-state index < -0.39 is 5.97 Å². The van der Waals surface area contributed by atoms with Crippen molar-refractivity contribution in [1.82, 2.24) is 9.97 Å². The fourth-order valence-corrected chi connectivity index (χ4v) is 4.23. The van der Waals surface area contributed by atoms with Gasteiger partial charge in [-0.15, -0.1) is 0 Å². The molecule has 0 bridgehead atoms. The quantitative estimate of drug-likeness (QED) is 0.601. The van der Waals surface area contributed by atoms with Crippen LogP contribution in [0.25, 0.3) is 0 Å². The van der Waals surface area contributed by atoms with Crippen LogP contribution in [-0.4, -0.2) is 33.6 Å². The van der Waals surface area contributed by atoms with E-state index in [1.807, 2.05) is 24.3 Å². The summed E-state index contributed by atoms with van der Waals surface area (Å²) >= 11 is 0. The third-order valence-electron chi connectivity index (χ3n) is 5.82. The molecule has 1 N–H and O–H groups in total. The SMILES string of the molecule is O=C(O)c1cnc(N2CCCC[C@H]2Cc2ccccc2)nc1CCc1cccc(F)c1. The van der Waals surface area contributed by atoms with Crippen LogP contribution in [0, 0.1) is 5.82 Å². The minimum absolute atomic E-state index is 0.108. The van der Waals surface area contributed by atoms with Gasteiger partial charge in [-0.2, -0.15) is 0 Å². The molecule has 0 unspecified atom stereocenters. The molecule has 4 rings (SSSR count). The van der Waals surface area contributed by atoms with Crippen LogP contribution < -0.4 is 4.90 Å².